The third-order valence-electron chi connectivity index (χ3n) is 6.42. The Morgan fingerprint density at radius 3 is 2.66 bits per heavy atom. The number of aliphatic carboxylic acids is 1. The highest BCUT2D eigenvalue weighted by atomic mass is 32.1. The number of thiophene rings is 1. The van der Waals surface area contributed by atoms with Crippen LogP contribution in [0.25, 0.3) is 0 Å². The average Bonchev–Trinajstić information content (AvgIpc) is 3.37. The molecule has 1 aromatic rings. The maximum Gasteiger partial charge on any atom is 0.341 e. The van der Waals surface area contributed by atoms with Gasteiger partial charge in [-0.05, 0) is 55.4 Å². The lowest BCUT2D eigenvalue weighted by Gasteiger charge is -2.27. The number of esters is 1. The standard InChI is InChI=1S/C22H27NO5S/c1-3-8-28-22(27)18-14-7-4-11(2)9-15(14)29-20(18)23-19(24)16-12-5-6-13(10-12)17(16)21(25)26/h5-6,11-13,16-17H,3-4,7-10H2,1-2H3,(H,23,24)(H,25,26)/p-1/t11-,12-,13+,16+,17+/m1/s1. The second-order valence-corrected chi connectivity index (χ2v) is 9.61. The highest BCUT2D eigenvalue weighted by molar-refractivity contribution is 7.17. The summed E-state index contributed by atoms with van der Waals surface area (Å²) in [7, 11) is 0. The van der Waals surface area contributed by atoms with E-state index in [0.29, 0.717) is 29.5 Å². The molecule has 1 fully saturated rings. The van der Waals surface area contributed by atoms with E-state index >= 15 is 0 Å². The number of carbonyl (C=O) groups excluding carboxylic acids is 3. The molecule has 1 aromatic heterocycles. The van der Waals surface area contributed by atoms with Crippen LogP contribution in [0.5, 0.6) is 0 Å². The van der Waals surface area contributed by atoms with Gasteiger partial charge in [-0.15, -0.1) is 11.3 Å². The Bertz CT molecular complexity index is 873. The third kappa shape index (κ3) is 3.61. The van der Waals surface area contributed by atoms with Gasteiger partial charge in [-0.2, -0.15) is 0 Å². The SMILES string of the molecule is CCCOC(=O)c1c(NC(=O)[C@@H]2[C@@H](C(=O)[O-])[C@H]3C=C[C@@H]2C3)sc2c1CC[C@@H](C)C2. The largest absolute Gasteiger partial charge is 0.550 e. The van der Waals surface area contributed by atoms with E-state index < -0.39 is 23.8 Å². The van der Waals surface area contributed by atoms with Crippen molar-refractivity contribution in [3.63, 3.8) is 0 Å². The quantitative estimate of drug-likeness (QED) is 0.568. The Kier molecular flexibility index (Phi) is 5.51. The molecular weight excluding hydrogens is 390 g/mol. The molecule has 0 spiro atoms. The van der Waals surface area contributed by atoms with Crippen LogP contribution in [-0.4, -0.2) is 24.5 Å². The van der Waals surface area contributed by atoms with Gasteiger partial charge in [-0.1, -0.05) is 26.0 Å². The highest BCUT2D eigenvalue weighted by Gasteiger charge is 2.49. The van der Waals surface area contributed by atoms with Crippen molar-refractivity contribution in [2.24, 2.45) is 29.6 Å². The fourth-order valence-electron chi connectivity index (χ4n) is 5.02. The Morgan fingerprint density at radius 1 is 1.24 bits per heavy atom. The van der Waals surface area contributed by atoms with Gasteiger partial charge in [0.15, 0.2) is 0 Å². The van der Waals surface area contributed by atoms with Crippen LogP contribution in [0.4, 0.5) is 5.00 Å². The lowest BCUT2D eigenvalue weighted by molar-refractivity contribution is -0.313. The first-order valence-electron chi connectivity index (χ1n) is 10.4. The molecule has 1 amide bonds. The van der Waals surface area contributed by atoms with Crippen molar-refractivity contribution in [2.45, 2.75) is 46.0 Å². The zero-order chi connectivity index (χ0) is 20.7. The molecule has 1 saturated carbocycles. The number of fused-ring (bicyclic) bond motifs is 3. The number of amides is 1. The zero-order valence-corrected chi connectivity index (χ0v) is 17.6. The second-order valence-electron chi connectivity index (χ2n) is 8.50. The van der Waals surface area contributed by atoms with Crippen LogP contribution >= 0.6 is 11.3 Å². The van der Waals surface area contributed by atoms with Gasteiger partial charge in [0.25, 0.3) is 0 Å². The second kappa shape index (κ2) is 7.94. The van der Waals surface area contributed by atoms with E-state index in [1.807, 2.05) is 19.1 Å². The number of hydrogen-bond donors (Lipinski definition) is 1. The zero-order valence-electron chi connectivity index (χ0n) is 16.7. The number of carbonyl (C=O) groups is 3. The smallest absolute Gasteiger partial charge is 0.341 e. The molecule has 4 rings (SSSR count). The molecule has 29 heavy (non-hydrogen) atoms. The van der Waals surface area contributed by atoms with Gasteiger partial charge in [0.05, 0.1) is 18.1 Å². The van der Waals surface area contributed by atoms with E-state index in [-0.39, 0.29) is 17.7 Å². The normalized spacial score (nSPS) is 29.5. The van der Waals surface area contributed by atoms with Crippen molar-refractivity contribution < 1.29 is 24.2 Å². The summed E-state index contributed by atoms with van der Waals surface area (Å²) in [6, 6.07) is 0. The van der Waals surface area contributed by atoms with Crippen molar-refractivity contribution in [3.8, 4) is 0 Å². The fourth-order valence-corrected chi connectivity index (χ4v) is 6.42. The van der Waals surface area contributed by atoms with E-state index in [1.165, 1.54) is 11.3 Å². The van der Waals surface area contributed by atoms with Crippen molar-refractivity contribution in [1.29, 1.82) is 0 Å². The van der Waals surface area contributed by atoms with Crippen LogP contribution in [0.3, 0.4) is 0 Å². The lowest BCUT2D eigenvalue weighted by Crippen LogP contribution is -2.42. The maximum atomic E-state index is 13.1. The molecule has 3 aliphatic carbocycles. The molecule has 156 valence electrons. The van der Waals surface area contributed by atoms with Gasteiger partial charge in [0.1, 0.15) is 5.00 Å². The molecule has 7 heteroatoms. The summed E-state index contributed by atoms with van der Waals surface area (Å²) in [6.07, 6.45) is 7.87. The van der Waals surface area contributed by atoms with Crippen molar-refractivity contribution in [3.05, 3.63) is 28.2 Å². The molecule has 1 N–H and O–H groups in total. The molecule has 3 aliphatic rings. The summed E-state index contributed by atoms with van der Waals surface area (Å²) in [5.41, 5.74) is 1.44. The summed E-state index contributed by atoms with van der Waals surface area (Å²) in [5, 5.41) is 15.1. The maximum absolute atomic E-state index is 13.1. The van der Waals surface area contributed by atoms with Crippen LogP contribution in [0.15, 0.2) is 12.2 Å². The highest BCUT2D eigenvalue weighted by Crippen LogP contribution is 2.49. The van der Waals surface area contributed by atoms with Crippen LogP contribution < -0.4 is 10.4 Å². The van der Waals surface area contributed by atoms with Crippen molar-refractivity contribution in [2.75, 3.05) is 11.9 Å². The molecule has 0 unspecified atom stereocenters. The topological polar surface area (TPSA) is 95.5 Å². The van der Waals surface area contributed by atoms with E-state index in [9.17, 15) is 19.5 Å². The number of anilines is 1. The van der Waals surface area contributed by atoms with Crippen LogP contribution in [0, 0.1) is 29.6 Å². The summed E-state index contributed by atoms with van der Waals surface area (Å²) in [6.45, 7) is 4.45. The van der Waals surface area contributed by atoms with Gasteiger partial charge < -0.3 is 20.0 Å². The first-order chi connectivity index (χ1) is 13.9. The fraction of sp³-hybridized carbons (Fsp3) is 0.591. The molecule has 0 saturated heterocycles. The molecule has 0 radical (unpaired) electrons. The Morgan fingerprint density at radius 2 is 1.97 bits per heavy atom. The van der Waals surface area contributed by atoms with Gasteiger partial charge in [-0.25, -0.2) is 4.79 Å². The number of hydrogen-bond acceptors (Lipinski definition) is 6. The van der Waals surface area contributed by atoms with E-state index in [4.69, 9.17) is 4.74 Å². The molecular formula is C22H26NO5S-. The van der Waals surface area contributed by atoms with Gasteiger partial charge in [0, 0.05) is 16.8 Å². The minimum atomic E-state index is -1.18. The minimum Gasteiger partial charge on any atom is -0.550 e. The summed E-state index contributed by atoms with van der Waals surface area (Å²) < 4.78 is 5.39. The predicted molar refractivity (Wildman–Crippen MR) is 107 cm³/mol. The number of allylic oxidation sites excluding steroid dienone is 2. The summed E-state index contributed by atoms with van der Waals surface area (Å²) >= 11 is 1.43. The van der Waals surface area contributed by atoms with Crippen LogP contribution in [0.1, 0.15) is 53.9 Å². The van der Waals surface area contributed by atoms with E-state index in [1.54, 1.807) is 0 Å². The first kappa shape index (κ1) is 20.1. The van der Waals surface area contributed by atoms with Crippen molar-refractivity contribution in [1.82, 2.24) is 0 Å². The molecule has 1 heterocycles. The monoisotopic (exact) mass is 416 g/mol. The number of carboxylic acid groups (broad SMARTS) is 1. The number of nitrogens with one attached hydrogen (secondary N) is 1. The Labute approximate surface area is 174 Å². The van der Waals surface area contributed by atoms with Gasteiger partial charge in [-0.3, -0.25) is 4.79 Å². The average molecular weight is 417 g/mol. The van der Waals surface area contributed by atoms with Crippen LogP contribution in [-0.2, 0) is 27.2 Å². The Balaban J connectivity index is 1.62. The third-order valence-corrected chi connectivity index (χ3v) is 7.59. The van der Waals surface area contributed by atoms with Crippen LogP contribution in [0.2, 0.25) is 0 Å². The minimum absolute atomic E-state index is 0.0898. The number of ether oxygens (including phenoxy) is 1. The molecule has 0 aliphatic heterocycles. The van der Waals surface area contributed by atoms with Gasteiger partial charge >= 0.3 is 5.97 Å². The van der Waals surface area contributed by atoms with E-state index in [2.05, 4.69) is 12.2 Å². The predicted octanol–water partition coefficient (Wildman–Crippen LogP) is 2.57. The summed E-state index contributed by atoms with van der Waals surface area (Å²) in [5.74, 6) is -3.10. The first-order valence-corrected chi connectivity index (χ1v) is 11.2. The number of carboxylic acids is 1. The lowest BCUT2D eigenvalue weighted by atomic mass is 9.82. The van der Waals surface area contributed by atoms with E-state index in [0.717, 1.165) is 36.1 Å². The molecule has 0 aromatic carbocycles. The Hall–Kier alpha value is -2.15. The number of rotatable bonds is 6. The summed E-state index contributed by atoms with van der Waals surface area (Å²) in [4.78, 5) is 38.6. The molecule has 5 atom stereocenters. The van der Waals surface area contributed by atoms with Gasteiger partial charge in [0.2, 0.25) is 5.91 Å². The molecule has 6 nitrogen and oxygen atoms in total. The van der Waals surface area contributed by atoms with Crippen molar-refractivity contribution >= 4 is 34.2 Å². The molecule has 2 bridgehead atoms.